The summed E-state index contributed by atoms with van der Waals surface area (Å²) in [5, 5.41) is 17.1. The normalized spacial score (nSPS) is 15.2. The summed E-state index contributed by atoms with van der Waals surface area (Å²) >= 11 is 0. The van der Waals surface area contributed by atoms with E-state index in [-0.39, 0.29) is 19.3 Å². The largest absolute Gasteiger partial charge is 0.481 e. The third-order valence-corrected chi connectivity index (χ3v) is 3.54. The lowest BCUT2D eigenvalue weighted by Crippen LogP contribution is -2.29. The van der Waals surface area contributed by atoms with Crippen LogP contribution in [0.4, 0.5) is 0 Å². The molecule has 0 radical (unpaired) electrons. The molecule has 0 aromatic rings. The zero-order valence-corrected chi connectivity index (χ0v) is 9.92. The molecule has 0 rings (SSSR count). The Kier molecular flexibility index (Phi) is 6.33. The molecular weight excluding hydrogens is 253 g/mol. The number of rotatable bonds is 8. The Morgan fingerprint density at radius 1 is 1.06 bits per heavy atom. The van der Waals surface area contributed by atoms with Gasteiger partial charge in [-0.15, -0.1) is 0 Å². The van der Waals surface area contributed by atoms with Crippen LogP contribution in [-0.2, 0) is 14.2 Å². The minimum Gasteiger partial charge on any atom is -0.481 e. The molecule has 0 aliphatic carbocycles. The van der Waals surface area contributed by atoms with Gasteiger partial charge in [0.25, 0.3) is 0 Å². The van der Waals surface area contributed by atoms with Crippen molar-refractivity contribution in [3.8, 4) is 0 Å². The molecule has 6 N–H and O–H groups in total. The third-order valence-electron chi connectivity index (χ3n) is 2.25. The number of carboxylic acid groups (broad SMARTS) is 2. The highest BCUT2D eigenvalue weighted by Gasteiger charge is 2.34. The van der Waals surface area contributed by atoms with E-state index in [4.69, 9.17) is 25.7 Å². The number of carbonyl (C=O) groups is 2. The number of aliphatic carboxylic acids is 2. The lowest BCUT2D eigenvalue weighted by Gasteiger charge is -2.13. The first-order chi connectivity index (χ1) is 7.66. The summed E-state index contributed by atoms with van der Waals surface area (Å²) in [6, 6.07) is -1.03. The molecule has 0 aliphatic heterocycles. The molecule has 0 aromatic heterocycles. The standard InChI is InChI=1S/C8H16NO7P/c9-5(7(10)11)3-1-2-4-6(8(12)13)17(14,15)16/h5-6H,1-4,9H2,(H,10,11)(H,12,13)(H2,14,15,16). The van der Waals surface area contributed by atoms with Gasteiger partial charge in [0.05, 0.1) is 0 Å². The smallest absolute Gasteiger partial charge is 0.339 e. The van der Waals surface area contributed by atoms with Gasteiger partial charge in [-0.25, -0.2) is 0 Å². The predicted octanol–water partition coefficient (Wildman–Crippen LogP) is -0.410. The third kappa shape index (κ3) is 6.38. The van der Waals surface area contributed by atoms with Gasteiger partial charge in [-0.3, -0.25) is 14.2 Å². The van der Waals surface area contributed by atoms with Gasteiger partial charge >= 0.3 is 19.5 Å². The van der Waals surface area contributed by atoms with Crippen LogP contribution < -0.4 is 5.73 Å². The molecule has 17 heavy (non-hydrogen) atoms. The van der Waals surface area contributed by atoms with Crippen molar-refractivity contribution in [3.05, 3.63) is 0 Å². The van der Waals surface area contributed by atoms with Crippen molar-refractivity contribution >= 4 is 19.5 Å². The fourth-order valence-corrected chi connectivity index (χ4v) is 2.07. The summed E-state index contributed by atoms with van der Waals surface area (Å²) in [4.78, 5) is 38.4. The first-order valence-electron chi connectivity index (χ1n) is 4.92. The molecule has 0 spiro atoms. The summed E-state index contributed by atoms with van der Waals surface area (Å²) in [5.74, 6) is -2.71. The molecule has 0 saturated carbocycles. The van der Waals surface area contributed by atoms with Crippen LogP contribution in [0.5, 0.6) is 0 Å². The average molecular weight is 269 g/mol. The number of hydrogen-bond acceptors (Lipinski definition) is 4. The van der Waals surface area contributed by atoms with Crippen LogP contribution in [0, 0.1) is 0 Å². The molecule has 2 unspecified atom stereocenters. The van der Waals surface area contributed by atoms with Crippen LogP contribution in [0.1, 0.15) is 25.7 Å². The Morgan fingerprint density at radius 3 is 1.88 bits per heavy atom. The number of unbranched alkanes of at least 4 members (excludes halogenated alkanes) is 1. The van der Waals surface area contributed by atoms with E-state index in [2.05, 4.69) is 0 Å². The second kappa shape index (κ2) is 6.70. The van der Waals surface area contributed by atoms with E-state index in [1.165, 1.54) is 0 Å². The molecule has 0 bridgehead atoms. The van der Waals surface area contributed by atoms with Gasteiger partial charge in [-0.2, -0.15) is 0 Å². The topological polar surface area (TPSA) is 158 Å². The van der Waals surface area contributed by atoms with Crippen LogP contribution in [0.2, 0.25) is 0 Å². The van der Waals surface area contributed by atoms with Crippen molar-refractivity contribution in [2.45, 2.75) is 37.4 Å². The maximum atomic E-state index is 10.8. The van der Waals surface area contributed by atoms with E-state index in [0.29, 0.717) is 6.42 Å². The SMILES string of the molecule is NC(CCCCC(C(=O)O)P(=O)(O)O)C(=O)O. The Hall–Kier alpha value is -0.950. The molecule has 0 heterocycles. The first kappa shape index (κ1) is 16.1. The van der Waals surface area contributed by atoms with Crippen LogP contribution in [0.3, 0.4) is 0 Å². The molecule has 100 valence electrons. The van der Waals surface area contributed by atoms with E-state index in [9.17, 15) is 14.2 Å². The van der Waals surface area contributed by atoms with E-state index in [1.54, 1.807) is 0 Å². The lowest BCUT2D eigenvalue weighted by atomic mass is 10.1. The second-order valence-corrected chi connectivity index (χ2v) is 5.47. The van der Waals surface area contributed by atoms with Crippen LogP contribution in [-0.4, -0.2) is 43.6 Å². The highest BCUT2D eigenvalue weighted by atomic mass is 31.2. The number of carboxylic acids is 2. The number of nitrogens with two attached hydrogens (primary N) is 1. The van der Waals surface area contributed by atoms with Crippen molar-refractivity contribution in [1.29, 1.82) is 0 Å². The minimum atomic E-state index is -4.66. The molecule has 0 saturated heterocycles. The van der Waals surface area contributed by atoms with Gasteiger partial charge in [0.1, 0.15) is 6.04 Å². The quantitative estimate of drug-likeness (QED) is 0.294. The van der Waals surface area contributed by atoms with Crippen molar-refractivity contribution < 1.29 is 34.2 Å². The Balaban J connectivity index is 4.05. The first-order valence-corrected chi connectivity index (χ1v) is 6.60. The fraction of sp³-hybridized carbons (Fsp3) is 0.750. The molecule has 0 aliphatic rings. The molecule has 0 aromatic carbocycles. The van der Waals surface area contributed by atoms with Gasteiger partial charge in [0.15, 0.2) is 5.66 Å². The molecule has 8 nitrogen and oxygen atoms in total. The Morgan fingerprint density at radius 2 is 1.53 bits per heavy atom. The van der Waals surface area contributed by atoms with Crippen molar-refractivity contribution in [3.63, 3.8) is 0 Å². The maximum absolute atomic E-state index is 10.8. The van der Waals surface area contributed by atoms with Gasteiger partial charge in [-0.1, -0.05) is 12.8 Å². The van der Waals surface area contributed by atoms with Crippen molar-refractivity contribution in [2.24, 2.45) is 5.73 Å². The Bertz CT molecular complexity index is 326. The van der Waals surface area contributed by atoms with Crippen molar-refractivity contribution in [2.75, 3.05) is 0 Å². The highest BCUT2D eigenvalue weighted by Crippen LogP contribution is 2.43. The van der Waals surface area contributed by atoms with E-state index in [1.807, 2.05) is 0 Å². The van der Waals surface area contributed by atoms with E-state index in [0.717, 1.165) is 0 Å². The lowest BCUT2D eigenvalue weighted by molar-refractivity contribution is -0.139. The van der Waals surface area contributed by atoms with Crippen LogP contribution >= 0.6 is 7.60 Å². The molecular formula is C8H16NO7P. The van der Waals surface area contributed by atoms with E-state index < -0.39 is 31.2 Å². The summed E-state index contributed by atoms with van der Waals surface area (Å²) in [7, 11) is -4.66. The zero-order chi connectivity index (χ0) is 13.6. The molecule has 9 heteroatoms. The number of hydrogen-bond donors (Lipinski definition) is 5. The van der Waals surface area contributed by atoms with E-state index >= 15 is 0 Å². The summed E-state index contributed by atoms with van der Waals surface area (Å²) < 4.78 is 10.8. The maximum Gasteiger partial charge on any atom is 0.339 e. The molecule has 0 amide bonds. The Labute approximate surface area is 97.6 Å². The summed E-state index contributed by atoms with van der Waals surface area (Å²) in [5.41, 5.74) is 3.48. The predicted molar refractivity (Wildman–Crippen MR) is 57.5 cm³/mol. The zero-order valence-electron chi connectivity index (χ0n) is 9.02. The van der Waals surface area contributed by atoms with Crippen LogP contribution in [0.15, 0.2) is 0 Å². The van der Waals surface area contributed by atoms with Crippen molar-refractivity contribution in [1.82, 2.24) is 0 Å². The highest BCUT2D eigenvalue weighted by molar-refractivity contribution is 7.53. The second-order valence-electron chi connectivity index (χ2n) is 3.67. The fourth-order valence-electron chi connectivity index (χ4n) is 1.26. The van der Waals surface area contributed by atoms with Gasteiger partial charge in [0.2, 0.25) is 0 Å². The van der Waals surface area contributed by atoms with Gasteiger partial charge in [0, 0.05) is 0 Å². The molecule has 2 atom stereocenters. The monoisotopic (exact) mass is 269 g/mol. The molecule has 0 fully saturated rings. The van der Waals surface area contributed by atoms with Gasteiger partial charge < -0.3 is 25.7 Å². The van der Waals surface area contributed by atoms with Crippen LogP contribution in [0.25, 0.3) is 0 Å². The average Bonchev–Trinajstić information content (AvgIpc) is 2.13. The summed E-state index contributed by atoms with van der Waals surface area (Å²) in [6.45, 7) is 0. The minimum absolute atomic E-state index is 0.142. The van der Waals surface area contributed by atoms with Gasteiger partial charge in [-0.05, 0) is 12.8 Å². The summed E-state index contributed by atoms with van der Waals surface area (Å²) in [6.07, 6.45) is 0.440.